The number of carbonyl (C=O) groups excluding carboxylic acids is 2. The molecule has 0 radical (unpaired) electrons. The number of rotatable bonds is 1. The molecular weight excluding hydrogens is 214 g/mol. The maximum absolute atomic E-state index is 11.8. The zero-order valence-corrected chi connectivity index (χ0v) is 9.67. The van der Waals surface area contributed by atoms with Crippen LogP contribution in [0.1, 0.15) is 44.8 Å². The molecule has 0 spiro atoms. The highest BCUT2D eigenvalue weighted by Gasteiger charge is 2.23. The van der Waals surface area contributed by atoms with Gasteiger partial charge in [-0.05, 0) is 43.0 Å². The molecule has 0 saturated carbocycles. The molecule has 3 rings (SSSR count). The smallest absolute Gasteiger partial charge is 0.179 e. The lowest BCUT2D eigenvalue weighted by molar-refractivity contribution is 0.0968. The monoisotopic (exact) mass is 227 g/mol. The van der Waals surface area contributed by atoms with Gasteiger partial charge in [0.05, 0.1) is 5.69 Å². The molecule has 3 heteroatoms. The van der Waals surface area contributed by atoms with Crippen molar-refractivity contribution < 1.29 is 9.59 Å². The van der Waals surface area contributed by atoms with Crippen LogP contribution in [0.3, 0.4) is 0 Å². The van der Waals surface area contributed by atoms with E-state index in [1.807, 2.05) is 13.0 Å². The number of ketones is 1. The van der Waals surface area contributed by atoms with Gasteiger partial charge in [0, 0.05) is 22.9 Å². The van der Waals surface area contributed by atoms with Crippen molar-refractivity contribution in [2.45, 2.75) is 26.2 Å². The van der Waals surface area contributed by atoms with Crippen molar-refractivity contribution in [1.82, 2.24) is 4.98 Å². The summed E-state index contributed by atoms with van der Waals surface area (Å²) in [5.41, 5.74) is 4.49. The molecule has 1 aromatic heterocycles. The minimum atomic E-state index is 0.189. The first-order valence-corrected chi connectivity index (χ1v) is 5.85. The van der Waals surface area contributed by atoms with E-state index in [1.54, 1.807) is 6.07 Å². The van der Waals surface area contributed by atoms with Gasteiger partial charge in [-0.25, -0.2) is 0 Å². The van der Waals surface area contributed by atoms with E-state index in [0.29, 0.717) is 12.0 Å². The van der Waals surface area contributed by atoms with Crippen LogP contribution in [0.5, 0.6) is 0 Å². The first-order valence-electron chi connectivity index (χ1n) is 5.85. The summed E-state index contributed by atoms with van der Waals surface area (Å²) < 4.78 is 0. The van der Waals surface area contributed by atoms with E-state index >= 15 is 0 Å². The molecule has 1 aliphatic rings. The van der Waals surface area contributed by atoms with Gasteiger partial charge in [0.1, 0.15) is 6.29 Å². The van der Waals surface area contributed by atoms with E-state index in [0.717, 1.165) is 46.9 Å². The number of hydrogen-bond donors (Lipinski definition) is 1. The van der Waals surface area contributed by atoms with Crippen LogP contribution in [-0.4, -0.2) is 17.1 Å². The maximum atomic E-state index is 11.8. The third-order valence-electron chi connectivity index (χ3n) is 3.61. The highest BCUT2D eigenvalue weighted by atomic mass is 16.1. The Balaban J connectivity index is 2.40. The quantitative estimate of drug-likeness (QED) is 0.761. The fourth-order valence-corrected chi connectivity index (χ4v) is 2.72. The Hall–Kier alpha value is -1.90. The summed E-state index contributed by atoms with van der Waals surface area (Å²) in [6.07, 6.45) is 3.33. The Labute approximate surface area is 98.8 Å². The van der Waals surface area contributed by atoms with Crippen molar-refractivity contribution in [3.8, 4) is 0 Å². The number of fused-ring (bicyclic) bond motifs is 3. The molecule has 1 aromatic carbocycles. The first-order chi connectivity index (χ1) is 8.22. The summed E-state index contributed by atoms with van der Waals surface area (Å²) in [6, 6.07) is 3.69. The van der Waals surface area contributed by atoms with E-state index in [9.17, 15) is 9.59 Å². The van der Waals surface area contributed by atoms with Crippen LogP contribution in [-0.2, 0) is 6.42 Å². The second-order valence-corrected chi connectivity index (χ2v) is 4.58. The highest BCUT2D eigenvalue weighted by molar-refractivity contribution is 6.05. The number of nitrogens with one attached hydrogen (secondary N) is 1. The fourth-order valence-electron chi connectivity index (χ4n) is 2.72. The van der Waals surface area contributed by atoms with E-state index in [4.69, 9.17) is 0 Å². The van der Waals surface area contributed by atoms with Crippen LogP contribution in [0.4, 0.5) is 0 Å². The van der Waals surface area contributed by atoms with Crippen LogP contribution < -0.4 is 0 Å². The van der Waals surface area contributed by atoms with Gasteiger partial charge >= 0.3 is 0 Å². The van der Waals surface area contributed by atoms with Crippen molar-refractivity contribution in [2.75, 3.05) is 0 Å². The number of Topliss-reactive ketones (excluding diaryl/α,β-unsaturated/α-hetero) is 1. The number of aromatic nitrogens is 1. The van der Waals surface area contributed by atoms with Crippen molar-refractivity contribution in [1.29, 1.82) is 0 Å². The molecular formula is C14H13NO2. The number of benzene rings is 1. The van der Waals surface area contributed by atoms with E-state index in [-0.39, 0.29) is 5.78 Å². The zero-order chi connectivity index (χ0) is 12.0. The molecule has 1 heterocycles. The molecule has 86 valence electrons. The third-order valence-corrected chi connectivity index (χ3v) is 3.61. The Kier molecular flexibility index (Phi) is 2.15. The second-order valence-electron chi connectivity index (χ2n) is 4.58. The predicted molar refractivity (Wildman–Crippen MR) is 65.7 cm³/mol. The van der Waals surface area contributed by atoms with Crippen LogP contribution in [0, 0.1) is 6.92 Å². The van der Waals surface area contributed by atoms with E-state index in [1.165, 1.54) is 0 Å². The maximum Gasteiger partial charge on any atom is 0.179 e. The molecule has 0 saturated heterocycles. The van der Waals surface area contributed by atoms with Crippen molar-refractivity contribution in [3.63, 3.8) is 0 Å². The van der Waals surface area contributed by atoms with Gasteiger partial charge in [-0.3, -0.25) is 9.59 Å². The summed E-state index contributed by atoms with van der Waals surface area (Å²) in [4.78, 5) is 26.0. The van der Waals surface area contributed by atoms with Crippen LogP contribution in [0.2, 0.25) is 0 Å². The Bertz CT molecular complexity index is 637. The third kappa shape index (κ3) is 1.35. The van der Waals surface area contributed by atoms with E-state index < -0.39 is 0 Å². The Morgan fingerprint density at radius 1 is 1.29 bits per heavy atom. The van der Waals surface area contributed by atoms with Gasteiger partial charge < -0.3 is 4.98 Å². The number of aryl methyl sites for hydroxylation is 2. The lowest BCUT2D eigenvalue weighted by atomic mass is 9.92. The second kappa shape index (κ2) is 3.55. The van der Waals surface area contributed by atoms with Gasteiger partial charge in [0.2, 0.25) is 0 Å². The molecule has 0 amide bonds. The first kappa shape index (κ1) is 10.3. The van der Waals surface area contributed by atoms with Crippen molar-refractivity contribution >= 4 is 23.0 Å². The van der Waals surface area contributed by atoms with Gasteiger partial charge in [0.25, 0.3) is 0 Å². The molecule has 0 unspecified atom stereocenters. The van der Waals surface area contributed by atoms with Crippen LogP contribution in [0.25, 0.3) is 10.9 Å². The molecule has 17 heavy (non-hydrogen) atoms. The van der Waals surface area contributed by atoms with Gasteiger partial charge in [-0.15, -0.1) is 0 Å². The number of aromatic amines is 1. The van der Waals surface area contributed by atoms with E-state index in [2.05, 4.69) is 4.98 Å². The number of carbonyl (C=O) groups is 2. The summed E-state index contributed by atoms with van der Waals surface area (Å²) >= 11 is 0. The largest absolute Gasteiger partial charge is 0.352 e. The Morgan fingerprint density at radius 3 is 2.88 bits per heavy atom. The average Bonchev–Trinajstić information content (AvgIpc) is 2.70. The van der Waals surface area contributed by atoms with Gasteiger partial charge in [-0.2, -0.15) is 0 Å². The highest BCUT2D eigenvalue weighted by Crippen LogP contribution is 2.32. The zero-order valence-electron chi connectivity index (χ0n) is 9.67. The molecule has 2 aromatic rings. The summed E-state index contributed by atoms with van der Waals surface area (Å²) in [7, 11) is 0. The molecule has 0 atom stereocenters. The number of aldehydes is 1. The predicted octanol–water partition coefficient (Wildman–Crippen LogP) is 2.81. The van der Waals surface area contributed by atoms with Gasteiger partial charge in [0.15, 0.2) is 5.78 Å². The number of H-pyrrole nitrogens is 1. The molecule has 1 aliphatic carbocycles. The van der Waals surface area contributed by atoms with Gasteiger partial charge in [-0.1, -0.05) is 0 Å². The van der Waals surface area contributed by atoms with Crippen molar-refractivity contribution in [3.05, 3.63) is 34.5 Å². The SMILES string of the molecule is Cc1c(C=O)ccc2[nH]c3c(c12)CCCC3=O. The average molecular weight is 227 g/mol. The molecule has 1 N–H and O–H groups in total. The topological polar surface area (TPSA) is 49.9 Å². The molecule has 0 bridgehead atoms. The minimum Gasteiger partial charge on any atom is -0.352 e. The summed E-state index contributed by atoms with van der Waals surface area (Å²) in [6.45, 7) is 1.94. The van der Waals surface area contributed by atoms with Crippen LogP contribution in [0.15, 0.2) is 12.1 Å². The lowest BCUT2D eigenvalue weighted by Crippen LogP contribution is -2.09. The van der Waals surface area contributed by atoms with Crippen LogP contribution >= 0.6 is 0 Å². The van der Waals surface area contributed by atoms with Crippen molar-refractivity contribution in [2.24, 2.45) is 0 Å². The Morgan fingerprint density at radius 2 is 2.12 bits per heavy atom. The standard InChI is InChI=1S/C14H13NO2/c1-8-9(7-16)5-6-11-13(8)10-3-2-4-12(17)14(10)15-11/h5-7,15H,2-4H2,1H3. The lowest BCUT2D eigenvalue weighted by Gasteiger charge is -2.10. The normalized spacial score (nSPS) is 15.0. The summed E-state index contributed by atoms with van der Waals surface area (Å²) in [5, 5.41) is 1.07. The number of hydrogen-bond acceptors (Lipinski definition) is 2. The minimum absolute atomic E-state index is 0.189. The molecule has 3 nitrogen and oxygen atoms in total. The molecule has 0 fully saturated rings. The summed E-state index contributed by atoms with van der Waals surface area (Å²) in [5.74, 6) is 0.189. The fraction of sp³-hybridized carbons (Fsp3) is 0.286. The molecule has 0 aliphatic heterocycles.